The van der Waals surface area contributed by atoms with Crippen molar-refractivity contribution in [2.75, 3.05) is 7.11 Å². The Hall–Kier alpha value is -1.55. The van der Waals surface area contributed by atoms with Gasteiger partial charge in [0, 0.05) is 6.07 Å². The minimum absolute atomic E-state index is 0.429. The molecule has 0 bridgehead atoms. The molecule has 1 rings (SSSR count). The average Bonchev–Trinajstić information content (AvgIpc) is 2.16. The molecule has 0 fully saturated rings. The van der Waals surface area contributed by atoms with Crippen LogP contribution in [-0.4, -0.2) is 24.8 Å². The highest BCUT2D eigenvalue weighted by molar-refractivity contribution is 5.79. The monoisotopic (exact) mass is 196 g/mol. The first-order valence-corrected chi connectivity index (χ1v) is 4.15. The molecule has 0 spiro atoms. The lowest BCUT2D eigenvalue weighted by Crippen LogP contribution is -2.09. The number of aldehydes is 1. The zero-order valence-corrected chi connectivity index (χ0v) is 8.06. The van der Waals surface area contributed by atoms with Gasteiger partial charge in [-0.3, -0.25) is 4.79 Å². The fourth-order valence-electron chi connectivity index (χ4n) is 1.06. The van der Waals surface area contributed by atoms with Crippen LogP contribution in [-0.2, 0) is 0 Å². The van der Waals surface area contributed by atoms with Gasteiger partial charge in [-0.2, -0.15) is 0 Å². The molecule has 0 saturated heterocycles. The number of benzene rings is 1. The maximum Gasteiger partial charge on any atom is 0.194 e. The quantitative estimate of drug-likeness (QED) is 0.581. The van der Waals surface area contributed by atoms with Gasteiger partial charge in [0.25, 0.3) is 0 Å². The standard InChI is InChI=1S/C10H12O4/c1-7(12)14-9-4-3-8(6-11)10(5-9)13-2/h3-7,12H,1-2H3. The minimum Gasteiger partial charge on any atom is -0.496 e. The van der Waals surface area contributed by atoms with E-state index in [9.17, 15) is 4.79 Å². The molecule has 0 heterocycles. The van der Waals surface area contributed by atoms with Crippen LogP contribution in [0.2, 0.25) is 0 Å². The van der Waals surface area contributed by atoms with Crippen LogP contribution in [0.15, 0.2) is 18.2 Å². The molecule has 1 atom stereocenters. The topological polar surface area (TPSA) is 55.8 Å². The summed E-state index contributed by atoms with van der Waals surface area (Å²) in [5.74, 6) is 0.889. The molecule has 0 aliphatic rings. The highest BCUT2D eigenvalue weighted by Crippen LogP contribution is 2.23. The lowest BCUT2D eigenvalue weighted by atomic mass is 10.2. The third-order valence-corrected chi connectivity index (χ3v) is 1.64. The maximum absolute atomic E-state index is 10.5. The van der Waals surface area contributed by atoms with Crippen molar-refractivity contribution in [3.05, 3.63) is 23.8 Å². The number of carbonyl (C=O) groups is 1. The fraction of sp³-hybridized carbons (Fsp3) is 0.300. The Morgan fingerprint density at radius 3 is 2.71 bits per heavy atom. The van der Waals surface area contributed by atoms with Crippen LogP contribution in [0.5, 0.6) is 11.5 Å². The van der Waals surface area contributed by atoms with Crippen LogP contribution in [0, 0.1) is 0 Å². The van der Waals surface area contributed by atoms with Gasteiger partial charge in [-0.1, -0.05) is 0 Å². The molecule has 0 aromatic heterocycles. The Labute approximate surface area is 82.1 Å². The molecule has 1 unspecified atom stereocenters. The van der Waals surface area contributed by atoms with Gasteiger partial charge >= 0.3 is 0 Å². The summed E-state index contributed by atoms with van der Waals surface area (Å²) in [4.78, 5) is 10.5. The summed E-state index contributed by atoms with van der Waals surface area (Å²) in [5.41, 5.74) is 0.449. The van der Waals surface area contributed by atoms with Gasteiger partial charge in [-0.25, -0.2) is 0 Å². The lowest BCUT2D eigenvalue weighted by Gasteiger charge is -2.10. The Kier molecular flexibility index (Phi) is 3.48. The lowest BCUT2D eigenvalue weighted by molar-refractivity contribution is -0.000407. The van der Waals surface area contributed by atoms with Crippen molar-refractivity contribution in [3.8, 4) is 11.5 Å². The van der Waals surface area contributed by atoms with Crippen molar-refractivity contribution in [3.63, 3.8) is 0 Å². The van der Waals surface area contributed by atoms with Crippen molar-refractivity contribution in [1.29, 1.82) is 0 Å². The zero-order valence-electron chi connectivity index (χ0n) is 8.06. The van der Waals surface area contributed by atoms with Crippen LogP contribution < -0.4 is 9.47 Å². The summed E-state index contributed by atoms with van der Waals surface area (Å²) in [7, 11) is 1.47. The van der Waals surface area contributed by atoms with E-state index in [1.165, 1.54) is 14.0 Å². The first-order chi connectivity index (χ1) is 6.67. The van der Waals surface area contributed by atoms with E-state index in [1.807, 2.05) is 0 Å². The molecule has 14 heavy (non-hydrogen) atoms. The highest BCUT2D eigenvalue weighted by atomic mass is 16.6. The third-order valence-electron chi connectivity index (χ3n) is 1.64. The number of methoxy groups -OCH3 is 1. The van der Waals surface area contributed by atoms with Crippen molar-refractivity contribution in [2.24, 2.45) is 0 Å². The molecule has 0 saturated carbocycles. The normalized spacial score (nSPS) is 11.9. The van der Waals surface area contributed by atoms with Crippen molar-refractivity contribution in [1.82, 2.24) is 0 Å². The first kappa shape index (κ1) is 10.5. The van der Waals surface area contributed by atoms with Gasteiger partial charge < -0.3 is 14.6 Å². The minimum atomic E-state index is -0.887. The molecular weight excluding hydrogens is 184 g/mol. The number of aliphatic hydroxyl groups excluding tert-OH is 1. The number of aliphatic hydroxyl groups is 1. The summed E-state index contributed by atoms with van der Waals surface area (Å²) in [6, 6.07) is 4.72. The second-order valence-electron chi connectivity index (χ2n) is 2.74. The largest absolute Gasteiger partial charge is 0.496 e. The predicted molar refractivity (Wildman–Crippen MR) is 50.7 cm³/mol. The van der Waals surface area contributed by atoms with Crippen LogP contribution >= 0.6 is 0 Å². The Morgan fingerprint density at radius 2 is 2.21 bits per heavy atom. The van der Waals surface area contributed by atoms with E-state index in [0.29, 0.717) is 23.3 Å². The van der Waals surface area contributed by atoms with Gasteiger partial charge in [-0.05, 0) is 19.1 Å². The van der Waals surface area contributed by atoms with Crippen molar-refractivity contribution < 1.29 is 19.4 Å². The number of ether oxygens (including phenoxy) is 2. The zero-order chi connectivity index (χ0) is 10.6. The van der Waals surface area contributed by atoms with Gasteiger partial charge in [0.2, 0.25) is 0 Å². The van der Waals surface area contributed by atoms with Gasteiger partial charge in [0.1, 0.15) is 11.5 Å². The van der Waals surface area contributed by atoms with E-state index in [0.717, 1.165) is 0 Å². The molecular formula is C10H12O4. The van der Waals surface area contributed by atoms with Crippen LogP contribution in [0.25, 0.3) is 0 Å². The Bertz CT molecular complexity index is 320. The predicted octanol–water partition coefficient (Wildman–Crippen LogP) is 1.22. The molecule has 0 aliphatic carbocycles. The van der Waals surface area contributed by atoms with Gasteiger partial charge in [-0.15, -0.1) is 0 Å². The van der Waals surface area contributed by atoms with E-state index in [4.69, 9.17) is 14.6 Å². The van der Waals surface area contributed by atoms with Crippen LogP contribution in [0.4, 0.5) is 0 Å². The summed E-state index contributed by atoms with van der Waals surface area (Å²) < 4.78 is 9.98. The fourth-order valence-corrected chi connectivity index (χ4v) is 1.06. The second-order valence-corrected chi connectivity index (χ2v) is 2.74. The molecule has 1 aromatic rings. The van der Waals surface area contributed by atoms with E-state index < -0.39 is 6.29 Å². The molecule has 0 amide bonds. The van der Waals surface area contributed by atoms with Gasteiger partial charge in [0.15, 0.2) is 12.6 Å². The SMILES string of the molecule is COc1cc(OC(C)O)ccc1C=O. The van der Waals surface area contributed by atoms with E-state index >= 15 is 0 Å². The second kappa shape index (κ2) is 4.62. The van der Waals surface area contributed by atoms with E-state index in [1.54, 1.807) is 18.2 Å². The molecule has 1 N–H and O–H groups in total. The average molecular weight is 196 g/mol. The molecule has 4 heteroatoms. The van der Waals surface area contributed by atoms with Crippen LogP contribution in [0.1, 0.15) is 17.3 Å². The maximum atomic E-state index is 10.5. The molecule has 1 aromatic carbocycles. The van der Waals surface area contributed by atoms with Crippen molar-refractivity contribution in [2.45, 2.75) is 13.2 Å². The summed E-state index contributed by atoms with van der Waals surface area (Å²) >= 11 is 0. The highest BCUT2D eigenvalue weighted by Gasteiger charge is 2.05. The molecule has 0 aliphatic heterocycles. The summed E-state index contributed by atoms with van der Waals surface area (Å²) in [6.07, 6.45) is -0.188. The smallest absolute Gasteiger partial charge is 0.194 e. The van der Waals surface area contributed by atoms with E-state index in [-0.39, 0.29) is 0 Å². The Balaban J connectivity index is 2.95. The molecule has 0 radical (unpaired) electrons. The molecule has 76 valence electrons. The van der Waals surface area contributed by atoms with E-state index in [2.05, 4.69) is 0 Å². The summed E-state index contributed by atoms with van der Waals surface area (Å²) in [6.45, 7) is 1.50. The number of hydrogen-bond acceptors (Lipinski definition) is 4. The first-order valence-electron chi connectivity index (χ1n) is 4.15. The number of hydrogen-bond donors (Lipinski definition) is 1. The Morgan fingerprint density at radius 1 is 1.50 bits per heavy atom. The van der Waals surface area contributed by atoms with Gasteiger partial charge in [0.05, 0.1) is 12.7 Å². The summed E-state index contributed by atoms with van der Waals surface area (Å²) in [5, 5.41) is 8.96. The molecule has 4 nitrogen and oxygen atoms in total. The van der Waals surface area contributed by atoms with Crippen molar-refractivity contribution >= 4 is 6.29 Å². The third kappa shape index (κ3) is 2.47. The number of carbonyl (C=O) groups excluding carboxylic acids is 1. The number of rotatable bonds is 4. The van der Waals surface area contributed by atoms with Crippen LogP contribution in [0.3, 0.4) is 0 Å².